The number of halogens is 1. The molecule has 2 amide bonds. The summed E-state index contributed by atoms with van der Waals surface area (Å²) < 4.78 is 24.1. The van der Waals surface area contributed by atoms with E-state index in [0.717, 1.165) is 0 Å². The van der Waals surface area contributed by atoms with Crippen molar-refractivity contribution in [2.24, 2.45) is 0 Å². The van der Waals surface area contributed by atoms with Crippen molar-refractivity contribution in [1.82, 2.24) is 0 Å². The van der Waals surface area contributed by atoms with Crippen LogP contribution in [0.1, 0.15) is 5.56 Å². The molecule has 2 heterocycles. The number of anilines is 2. The fourth-order valence-electron chi connectivity index (χ4n) is 2.31. The zero-order chi connectivity index (χ0) is 19.7. The van der Waals surface area contributed by atoms with Gasteiger partial charge in [0.1, 0.15) is 16.3 Å². The fourth-order valence-corrected chi connectivity index (χ4v) is 3.30. The summed E-state index contributed by atoms with van der Waals surface area (Å²) in [5.74, 6) is -0.919. The minimum absolute atomic E-state index is 0.0100. The van der Waals surface area contributed by atoms with Gasteiger partial charge in [-0.25, -0.2) is 14.0 Å². The average molecular weight is 390 g/mol. The van der Waals surface area contributed by atoms with Crippen LogP contribution in [0.4, 0.5) is 19.9 Å². The van der Waals surface area contributed by atoms with Crippen molar-refractivity contribution in [3.05, 3.63) is 58.7 Å². The molecule has 1 aromatic carbocycles. The average Bonchev–Trinajstić information content (AvgIpc) is 3.04. The van der Waals surface area contributed by atoms with Crippen LogP contribution in [-0.2, 0) is 0 Å². The van der Waals surface area contributed by atoms with Gasteiger partial charge in [0.05, 0.1) is 11.8 Å². The number of fused-ring (bicyclic) bond motifs is 1. The maximum atomic E-state index is 13.5. The lowest BCUT2D eigenvalue weighted by atomic mass is 10.2. The van der Waals surface area contributed by atoms with Crippen molar-refractivity contribution in [2.45, 2.75) is 0 Å². The first-order valence-electron chi connectivity index (χ1n) is 7.64. The molecule has 0 aliphatic rings. The number of aliphatic hydroxyl groups is 1. The van der Waals surface area contributed by atoms with Gasteiger partial charge < -0.3 is 19.6 Å². The van der Waals surface area contributed by atoms with Gasteiger partial charge in [-0.05, 0) is 18.2 Å². The highest BCUT2D eigenvalue weighted by molar-refractivity contribution is 7.22. The van der Waals surface area contributed by atoms with E-state index in [1.165, 1.54) is 60.7 Å². The molecule has 0 fully saturated rings. The third-order valence-electron chi connectivity index (χ3n) is 3.76. The number of amides is 2. The first-order chi connectivity index (χ1) is 12.8. The van der Waals surface area contributed by atoms with E-state index in [4.69, 9.17) is 9.15 Å². The molecule has 0 saturated carbocycles. The molecule has 2 N–H and O–H groups in total. The highest BCUT2D eigenvalue weighted by Crippen LogP contribution is 2.32. The van der Waals surface area contributed by atoms with Crippen LogP contribution in [0, 0.1) is 5.82 Å². The van der Waals surface area contributed by atoms with Gasteiger partial charge in [-0.1, -0.05) is 6.58 Å². The summed E-state index contributed by atoms with van der Waals surface area (Å²) >= 11 is 1.19. The molecule has 0 radical (unpaired) electrons. The van der Waals surface area contributed by atoms with Crippen molar-refractivity contribution < 1.29 is 23.4 Å². The molecule has 3 aromatic rings. The first kappa shape index (κ1) is 18.5. The Morgan fingerprint density at radius 2 is 2.11 bits per heavy atom. The number of benzene rings is 1. The topological polar surface area (TPSA) is 92.0 Å². The van der Waals surface area contributed by atoms with Crippen LogP contribution < -0.4 is 20.6 Å². The summed E-state index contributed by atoms with van der Waals surface area (Å²) in [6.07, 6.45) is 0. The highest BCUT2D eigenvalue weighted by atomic mass is 32.1. The van der Waals surface area contributed by atoms with Gasteiger partial charge in [0.2, 0.25) is 0 Å². The quantitative estimate of drug-likeness (QED) is 0.652. The van der Waals surface area contributed by atoms with Crippen LogP contribution in [0.3, 0.4) is 0 Å². The molecule has 7 nitrogen and oxygen atoms in total. The molecule has 2 aromatic heterocycles. The van der Waals surface area contributed by atoms with Crippen LogP contribution >= 0.6 is 11.3 Å². The maximum absolute atomic E-state index is 13.5. The smallest absolute Gasteiger partial charge is 0.347 e. The number of rotatable bonds is 4. The number of ether oxygens (including phenoxy) is 1. The highest BCUT2D eigenvalue weighted by Gasteiger charge is 2.17. The summed E-state index contributed by atoms with van der Waals surface area (Å²) in [5, 5.41) is 12.6. The van der Waals surface area contributed by atoms with Crippen molar-refractivity contribution in [1.29, 1.82) is 0 Å². The van der Waals surface area contributed by atoms with Gasteiger partial charge in [-0.3, -0.25) is 4.90 Å². The molecule has 27 heavy (non-hydrogen) atoms. The summed E-state index contributed by atoms with van der Waals surface area (Å²) in [6.45, 7) is 3.32. The largest absolute Gasteiger partial charge is 0.508 e. The van der Waals surface area contributed by atoms with E-state index in [2.05, 4.69) is 11.9 Å². The number of hydrogen-bond acceptors (Lipinski definition) is 6. The van der Waals surface area contributed by atoms with Crippen molar-refractivity contribution in [3.8, 4) is 5.75 Å². The molecule has 3 rings (SSSR count). The zero-order valence-electron chi connectivity index (χ0n) is 14.4. The Kier molecular flexibility index (Phi) is 4.87. The summed E-state index contributed by atoms with van der Waals surface area (Å²) in [7, 11) is 2.86. The molecular weight excluding hydrogens is 375 g/mol. The van der Waals surface area contributed by atoms with E-state index >= 15 is 0 Å². The van der Waals surface area contributed by atoms with Crippen LogP contribution in [0.2, 0.25) is 0 Å². The Morgan fingerprint density at radius 1 is 1.37 bits per heavy atom. The summed E-state index contributed by atoms with van der Waals surface area (Å²) in [6, 6.07) is 6.47. The second kappa shape index (κ2) is 7.12. The zero-order valence-corrected chi connectivity index (χ0v) is 15.2. The van der Waals surface area contributed by atoms with Crippen LogP contribution in [0.25, 0.3) is 16.0 Å². The Labute approximate surface area is 156 Å². The minimum Gasteiger partial charge on any atom is -0.508 e. The molecule has 0 spiro atoms. The maximum Gasteiger partial charge on any atom is 0.347 e. The number of hydrogen-bond donors (Lipinski definition) is 2. The third kappa shape index (κ3) is 3.63. The van der Waals surface area contributed by atoms with Gasteiger partial charge in [0, 0.05) is 24.9 Å². The number of urea groups is 1. The number of nitrogens with one attached hydrogen (secondary N) is 1. The predicted molar refractivity (Wildman–Crippen MR) is 102 cm³/mol. The summed E-state index contributed by atoms with van der Waals surface area (Å²) in [4.78, 5) is 25.6. The van der Waals surface area contributed by atoms with Crippen LogP contribution in [0.5, 0.6) is 5.75 Å². The molecule has 0 unspecified atom stereocenters. The molecule has 0 aliphatic heterocycles. The van der Waals surface area contributed by atoms with Crippen molar-refractivity contribution in [3.63, 3.8) is 0 Å². The molecule has 9 heteroatoms. The Morgan fingerprint density at radius 3 is 2.78 bits per heavy atom. The van der Waals surface area contributed by atoms with E-state index in [0.29, 0.717) is 15.4 Å². The van der Waals surface area contributed by atoms with Gasteiger partial charge in [-0.15, -0.1) is 11.3 Å². The Bertz CT molecular complexity index is 1100. The molecule has 0 saturated heterocycles. The molecule has 0 bridgehead atoms. The van der Waals surface area contributed by atoms with E-state index in [1.54, 1.807) is 0 Å². The monoisotopic (exact) mass is 390 g/mol. The summed E-state index contributed by atoms with van der Waals surface area (Å²) in [5.41, 5.74) is -0.115. The van der Waals surface area contributed by atoms with Crippen LogP contribution in [-0.4, -0.2) is 25.3 Å². The number of thiophene rings is 1. The van der Waals surface area contributed by atoms with Gasteiger partial charge in [0.25, 0.3) is 0 Å². The van der Waals surface area contributed by atoms with E-state index in [9.17, 15) is 19.1 Å². The van der Waals surface area contributed by atoms with Crippen LogP contribution in [0.15, 0.2) is 46.1 Å². The van der Waals surface area contributed by atoms with Crippen molar-refractivity contribution in [2.75, 3.05) is 24.4 Å². The lowest BCUT2D eigenvalue weighted by Gasteiger charge is -2.16. The fraction of sp³-hybridized carbons (Fsp3) is 0.111. The molecular formula is C18H15FN2O5S. The third-order valence-corrected chi connectivity index (χ3v) is 4.90. The normalized spacial score (nSPS) is 10.6. The number of methoxy groups -OCH3 is 1. The van der Waals surface area contributed by atoms with Gasteiger partial charge in [-0.2, -0.15) is 0 Å². The van der Waals surface area contributed by atoms with E-state index < -0.39 is 23.2 Å². The van der Waals surface area contributed by atoms with Gasteiger partial charge >= 0.3 is 11.7 Å². The SMILES string of the molecule is C=C(O)c1cc2sc(N(C)C(=O)Nc3ccc(F)c(OC)c3)cc2oc1=O. The van der Waals surface area contributed by atoms with E-state index in [-0.39, 0.29) is 16.9 Å². The number of carbonyl (C=O) groups is 1. The second-order valence-corrected chi connectivity index (χ2v) is 6.61. The number of nitrogens with zero attached hydrogens (tertiary/aromatic N) is 1. The van der Waals surface area contributed by atoms with E-state index in [1.807, 2.05) is 0 Å². The Hall–Kier alpha value is -3.33. The van der Waals surface area contributed by atoms with Crippen molar-refractivity contribution >= 4 is 44.1 Å². The molecule has 140 valence electrons. The number of aliphatic hydroxyl groups excluding tert-OH is 1. The second-order valence-electron chi connectivity index (χ2n) is 5.55. The van der Waals surface area contributed by atoms with Gasteiger partial charge in [0.15, 0.2) is 17.1 Å². The first-order valence-corrected chi connectivity index (χ1v) is 8.46. The minimum atomic E-state index is -0.718. The molecule has 0 atom stereocenters. The predicted octanol–water partition coefficient (Wildman–Crippen LogP) is 4.20. The number of carbonyl (C=O) groups excluding carboxylic acids is 1. The Balaban J connectivity index is 1.86. The lowest BCUT2D eigenvalue weighted by Crippen LogP contribution is -2.30. The lowest BCUT2D eigenvalue weighted by molar-refractivity contribution is 0.258. The standard InChI is InChI=1S/C18H15FN2O5S/c1-9(22)11-7-15-14(26-17(11)23)8-16(27-15)21(2)18(24)20-10-4-5-12(19)13(6-10)25-3/h4-8,22H,1H2,2-3H3,(H,20,24). The molecule has 0 aliphatic carbocycles.